The van der Waals surface area contributed by atoms with Gasteiger partial charge in [0.25, 0.3) is 0 Å². The topological polar surface area (TPSA) is 64.7 Å². The molecular formula is C14H26N4O2. The van der Waals surface area contributed by atoms with E-state index < -0.39 is 0 Å². The Morgan fingerprint density at radius 3 is 2.55 bits per heavy atom. The molecule has 6 nitrogen and oxygen atoms in total. The van der Waals surface area contributed by atoms with Gasteiger partial charge >= 0.3 is 0 Å². The first-order valence-electron chi connectivity index (χ1n) is 7.72. The van der Waals surface area contributed by atoms with Crippen LogP contribution in [0, 0.1) is 0 Å². The number of piperazine rings is 1. The third-order valence-electron chi connectivity index (χ3n) is 4.03. The molecule has 0 aromatic heterocycles. The Morgan fingerprint density at radius 1 is 1.20 bits per heavy atom. The van der Waals surface area contributed by atoms with Gasteiger partial charge in [0.1, 0.15) is 0 Å². The standard InChI is InChI=1S/C14H26N4O2/c1-2-15-13(19)11-17-7-9-18(10-8-17)14(20)12-5-3-4-6-16-12/h12,16H,2-11H2,1H3,(H,15,19). The van der Waals surface area contributed by atoms with E-state index in [9.17, 15) is 9.59 Å². The molecule has 2 saturated heterocycles. The van der Waals surface area contributed by atoms with Crippen molar-refractivity contribution in [3.05, 3.63) is 0 Å². The molecule has 2 aliphatic heterocycles. The van der Waals surface area contributed by atoms with Gasteiger partial charge in [-0.2, -0.15) is 0 Å². The van der Waals surface area contributed by atoms with Crippen molar-refractivity contribution in [3.63, 3.8) is 0 Å². The smallest absolute Gasteiger partial charge is 0.239 e. The predicted octanol–water partition coefficient (Wildman–Crippen LogP) is -0.591. The second kappa shape index (κ2) is 7.59. The first-order valence-corrected chi connectivity index (χ1v) is 7.72. The molecule has 0 aliphatic carbocycles. The van der Waals surface area contributed by atoms with E-state index in [1.807, 2.05) is 11.8 Å². The number of piperidine rings is 1. The lowest BCUT2D eigenvalue weighted by molar-refractivity contribution is -0.136. The molecule has 0 radical (unpaired) electrons. The van der Waals surface area contributed by atoms with Gasteiger partial charge in [-0.05, 0) is 26.3 Å². The Hall–Kier alpha value is -1.14. The van der Waals surface area contributed by atoms with Crippen molar-refractivity contribution in [2.45, 2.75) is 32.2 Å². The predicted molar refractivity (Wildman–Crippen MR) is 77.3 cm³/mol. The van der Waals surface area contributed by atoms with E-state index in [2.05, 4.69) is 15.5 Å². The maximum atomic E-state index is 12.4. The van der Waals surface area contributed by atoms with Crippen LogP contribution < -0.4 is 10.6 Å². The fraction of sp³-hybridized carbons (Fsp3) is 0.857. The highest BCUT2D eigenvalue weighted by molar-refractivity contribution is 5.82. The van der Waals surface area contributed by atoms with Crippen LogP contribution in [0.2, 0.25) is 0 Å². The maximum absolute atomic E-state index is 12.4. The van der Waals surface area contributed by atoms with Gasteiger partial charge in [0.2, 0.25) is 11.8 Å². The van der Waals surface area contributed by atoms with Gasteiger partial charge < -0.3 is 15.5 Å². The number of carbonyl (C=O) groups excluding carboxylic acids is 2. The summed E-state index contributed by atoms with van der Waals surface area (Å²) in [6.45, 7) is 7.03. The van der Waals surface area contributed by atoms with Crippen LogP contribution in [0.1, 0.15) is 26.2 Å². The van der Waals surface area contributed by atoms with Crippen molar-refractivity contribution in [2.24, 2.45) is 0 Å². The van der Waals surface area contributed by atoms with Crippen molar-refractivity contribution in [2.75, 3.05) is 45.8 Å². The normalized spacial score (nSPS) is 24.4. The van der Waals surface area contributed by atoms with Gasteiger partial charge in [0.15, 0.2) is 0 Å². The summed E-state index contributed by atoms with van der Waals surface area (Å²) in [7, 11) is 0. The third-order valence-corrected chi connectivity index (χ3v) is 4.03. The van der Waals surface area contributed by atoms with Crippen LogP contribution in [0.25, 0.3) is 0 Å². The molecule has 0 aromatic rings. The van der Waals surface area contributed by atoms with Crippen LogP contribution in [-0.4, -0.2) is 73.5 Å². The van der Waals surface area contributed by atoms with E-state index >= 15 is 0 Å². The zero-order chi connectivity index (χ0) is 14.4. The number of hydrogen-bond acceptors (Lipinski definition) is 4. The molecule has 0 saturated carbocycles. The van der Waals surface area contributed by atoms with Crippen LogP contribution in [0.15, 0.2) is 0 Å². The quantitative estimate of drug-likeness (QED) is 0.723. The number of rotatable bonds is 4. The Bertz CT molecular complexity index is 334. The number of nitrogens with zero attached hydrogens (tertiary/aromatic N) is 2. The lowest BCUT2D eigenvalue weighted by atomic mass is 10.0. The number of nitrogens with one attached hydrogen (secondary N) is 2. The van der Waals surface area contributed by atoms with E-state index in [4.69, 9.17) is 0 Å². The lowest BCUT2D eigenvalue weighted by Gasteiger charge is -2.37. The van der Waals surface area contributed by atoms with E-state index in [-0.39, 0.29) is 17.9 Å². The van der Waals surface area contributed by atoms with E-state index in [1.54, 1.807) is 0 Å². The molecule has 2 rings (SSSR count). The van der Waals surface area contributed by atoms with E-state index in [0.717, 1.165) is 45.6 Å². The van der Waals surface area contributed by atoms with Crippen LogP contribution in [0.5, 0.6) is 0 Å². The molecule has 1 unspecified atom stereocenters. The molecule has 2 N–H and O–H groups in total. The van der Waals surface area contributed by atoms with Gasteiger partial charge in [0, 0.05) is 32.7 Å². The van der Waals surface area contributed by atoms with Crippen molar-refractivity contribution in [1.82, 2.24) is 20.4 Å². The Morgan fingerprint density at radius 2 is 1.95 bits per heavy atom. The number of hydrogen-bond donors (Lipinski definition) is 2. The second-order valence-electron chi connectivity index (χ2n) is 5.56. The monoisotopic (exact) mass is 282 g/mol. The average Bonchev–Trinajstić information content (AvgIpc) is 2.48. The summed E-state index contributed by atoms with van der Waals surface area (Å²) in [6, 6.07) is 0.0127. The highest BCUT2D eigenvalue weighted by atomic mass is 16.2. The van der Waals surface area contributed by atoms with Gasteiger partial charge in [0.05, 0.1) is 12.6 Å². The lowest BCUT2D eigenvalue weighted by Crippen LogP contribution is -2.56. The summed E-state index contributed by atoms with van der Waals surface area (Å²) in [5, 5.41) is 6.11. The number of amides is 2. The Kier molecular flexibility index (Phi) is 5.79. The van der Waals surface area contributed by atoms with Gasteiger partial charge in [-0.3, -0.25) is 14.5 Å². The van der Waals surface area contributed by atoms with Crippen molar-refractivity contribution >= 4 is 11.8 Å². The molecule has 6 heteroatoms. The molecule has 0 spiro atoms. The first-order chi connectivity index (χ1) is 9.70. The molecule has 2 fully saturated rings. The van der Waals surface area contributed by atoms with Gasteiger partial charge in [-0.15, -0.1) is 0 Å². The van der Waals surface area contributed by atoms with Crippen molar-refractivity contribution in [3.8, 4) is 0 Å². The van der Waals surface area contributed by atoms with Crippen LogP contribution in [0.3, 0.4) is 0 Å². The molecule has 1 atom stereocenters. The number of carbonyl (C=O) groups is 2. The molecule has 2 amide bonds. The minimum Gasteiger partial charge on any atom is -0.355 e. The fourth-order valence-corrected chi connectivity index (χ4v) is 2.87. The van der Waals surface area contributed by atoms with Crippen LogP contribution in [-0.2, 0) is 9.59 Å². The minimum absolute atomic E-state index is 0.0127. The van der Waals surface area contributed by atoms with Gasteiger partial charge in [-0.25, -0.2) is 0 Å². The Labute approximate surface area is 120 Å². The summed E-state index contributed by atoms with van der Waals surface area (Å²) in [4.78, 5) is 27.9. The van der Waals surface area contributed by atoms with Crippen LogP contribution in [0.4, 0.5) is 0 Å². The summed E-state index contributed by atoms with van der Waals surface area (Å²) >= 11 is 0. The molecular weight excluding hydrogens is 256 g/mol. The molecule has 0 aromatic carbocycles. The van der Waals surface area contributed by atoms with Crippen LogP contribution >= 0.6 is 0 Å². The zero-order valence-corrected chi connectivity index (χ0v) is 12.4. The second-order valence-corrected chi connectivity index (χ2v) is 5.56. The summed E-state index contributed by atoms with van der Waals surface area (Å²) in [5.74, 6) is 0.309. The van der Waals surface area contributed by atoms with E-state index in [1.165, 1.54) is 6.42 Å². The Balaban J connectivity index is 1.73. The van der Waals surface area contributed by atoms with E-state index in [0.29, 0.717) is 13.1 Å². The summed E-state index contributed by atoms with van der Waals surface area (Å²) in [6.07, 6.45) is 3.27. The summed E-state index contributed by atoms with van der Waals surface area (Å²) < 4.78 is 0. The molecule has 2 aliphatic rings. The highest BCUT2D eigenvalue weighted by Gasteiger charge is 2.28. The highest BCUT2D eigenvalue weighted by Crippen LogP contribution is 2.11. The molecule has 114 valence electrons. The molecule has 0 bridgehead atoms. The van der Waals surface area contributed by atoms with Crippen molar-refractivity contribution in [1.29, 1.82) is 0 Å². The first kappa shape index (κ1) is 15.3. The fourth-order valence-electron chi connectivity index (χ4n) is 2.87. The maximum Gasteiger partial charge on any atom is 0.239 e. The molecule has 2 heterocycles. The average molecular weight is 282 g/mol. The van der Waals surface area contributed by atoms with Gasteiger partial charge in [-0.1, -0.05) is 6.42 Å². The minimum atomic E-state index is 0.0127. The molecule has 20 heavy (non-hydrogen) atoms. The SMILES string of the molecule is CCNC(=O)CN1CCN(C(=O)C2CCCCN2)CC1. The number of likely N-dealkylation sites (N-methyl/N-ethyl adjacent to an activating group) is 1. The van der Waals surface area contributed by atoms with Crippen molar-refractivity contribution < 1.29 is 9.59 Å². The zero-order valence-electron chi connectivity index (χ0n) is 12.4. The largest absolute Gasteiger partial charge is 0.355 e. The summed E-state index contributed by atoms with van der Waals surface area (Å²) in [5.41, 5.74) is 0. The third kappa shape index (κ3) is 4.18.